The third-order valence-corrected chi connectivity index (χ3v) is 6.60. The topological polar surface area (TPSA) is 105 Å². The van der Waals surface area contributed by atoms with Crippen molar-refractivity contribution in [3.63, 3.8) is 0 Å². The summed E-state index contributed by atoms with van der Waals surface area (Å²) in [6.07, 6.45) is 1.95. The maximum Gasteiger partial charge on any atom is 0.253 e. The van der Waals surface area contributed by atoms with Gasteiger partial charge in [0.2, 0.25) is 15.9 Å². The molecule has 1 saturated heterocycles. The number of para-hydroxylation sites is 1. The number of sulfonamides is 1. The zero-order valence-electron chi connectivity index (χ0n) is 16.4. The summed E-state index contributed by atoms with van der Waals surface area (Å²) in [5, 5.41) is 5.61. The van der Waals surface area contributed by atoms with Crippen LogP contribution in [0.1, 0.15) is 36.5 Å². The first-order valence-electron chi connectivity index (χ1n) is 9.54. The molecule has 0 radical (unpaired) electrons. The fourth-order valence-corrected chi connectivity index (χ4v) is 4.31. The molecule has 1 heterocycles. The summed E-state index contributed by atoms with van der Waals surface area (Å²) in [6.45, 7) is 3.24. The van der Waals surface area contributed by atoms with Crippen LogP contribution in [0.25, 0.3) is 0 Å². The second-order valence-electron chi connectivity index (χ2n) is 6.73. The molecule has 0 bridgehead atoms. The number of carbonyl (C=O) groups excluding carboxylic acids is 2. The van der Waals surface area contributed by atoms with Crippen LogP contribution in [-0.2, 0) is 19.6 Å². The van der Waals surface area contributed by atoms with Gasteiger partial charge >= 0.3 is 0 Å². The van der Waals surface area contributed by atoms with Crippen molar-refractivity contribution < 1.29 is 22.7 Å². The van der Waals surface area contributed by atoms with Crippen molar-refractivity contribution in [2.24, 2.45) is 5.92 Å². The smallest absolute Gasteiger partial charge is 0.253 e. The van der Waals surface area contributed by atoms with Crippen molar-refractivity contribution in [2.45, 2.75) is 26.2 Å². The van der Waals surface area contributed by atoms with Gasteiger partial charge in [-0.3, -0.25) is 9.59 Å². The van der Waals surface area contributed by atoms with E-state index in [9.17, 15) is 18.0 Å². The lowest BCUT2D eigenvalue weighted by Crippen LogP contribution is -2.44. The van der Waals surface area contributed by atoms with Crippen LogP contribution >= 0.6 is 0 Å². The van der Waals surface area contributed by atoms with Crippen LogP contribution in [0.15, 0.2) is 24.3 Å². The standard InChI is InChI=1S/C19H29N3O5S/c1-3-28(25,26)22-12-6-8-15(14-22)18(23)21-17-10-5-4-9-16(17)19(24)20-11-7-13-27-2/h4-5,9-10,15H,3,6-8,11-14H2,1-2H3,(H,20,24)(H,21,23)/t15-/m0/s1. The highest BCUT2D eigenvalue weighted by Gasteiger charge is 2.31. The van der Waals surface area contributed by atoms with E-state index >= 15 is 0 Å². The molecule has 0 saturated carbocycles. The summed E-state index contributed by atoms with van der Waals surface area (Å²) >= 11 is 0. The van der Waals surface area contributed by atoms with Crippen LogP contribution < -0.4 is 10.6 Å². The second-order valence-corrected chi connectivity index (χ2v) is 8.99. The fraction of sp³-hybridized carbons (Fsp3) is 0.579. The quantitative estimate of drug-likeness (QED) is 0.599. The van der Waals surface area contributed by atoms with Crippen LogP contribution in [0.5, 0.6) is 0 Å². The largest absolute Gasteiger partial charge is 0.385 e. The van der Waals surface area contributed by atoms with Gasteiger partial charge in [0.05, 0.1) is 22.9 Å². The van der Waals surface area contributed by atoms with Gasteiger partial charge in [-0.05, 0) is 38.3 Å². The minimum absolute atomic E-state index is 0.0212. The summed E-state index contributed by atoms with van der Waals surface area (Å²) in [4.78, 5) is 25.1. The molecule has 8 nitrogen and oxygen atoms in total. The molecule has 2 N–H and O–H groups in total. The van der Waals surface area contributed by atoms with E-state index in [1.54, 1.807) is 38.3 Å². The molecule has 0 aromatic heterocycles. The summed E-state index contributed by atoms with van der Waals surface area (Å²) in [7, 11) is -1.72. The van der Waals surface area contributed by atoms with Gasteiger partial charge in [-0.25, -0.2) is 12.7 Å². The Morgan fingerprint density at radius 1 is 1.29 bits per heavy atom. The van der Waals surface area contributed by atoms with Crippen LogP contribution in [-0.4, -0.2) is 63.6 Å². The fourth-order valence-electron chi connectivity index (χ4n) is 3.13. The molecule has 2 rings (SSSR count). The average molecular weight is 412 g/mol. The number of anilines is 1. The minimum Gasteiger partial charge on any atom is -0.385 e. The van der Waals surface area contributed by atoms with Crippen LogP contribution in [0.2, 0.25) is 0 Å². The first-order valence-corrected chi connectivity index (χ1v) is 11.1. The number of methoxy groups -OCH3 is 1. The van der Waals surface area contributed by atoms with Crippen molar-refractivity contribution in [1.29, 1.82) is 0 Å². The Morgan fingerprint density at radius 2 is 2.04 bits per heavy atom. The molecule has 28 heavy (non-hydrogen) atoms. The number of nitrogens with one attached hydrogen (secondary N) is 2. The maximum atomic E-state index is 12.7. The molecule has 156 valence electrons. The van der Waals surface area contributed by atoms with Gasteiger partial charge in [0.1, 0.15) is 0 Å². The summed E-state index contributed by atoms with van der Waals surface area (Å²) in [5.74, 6) is -0.956. The molecule has 1 aliphatic rings. The van der Waals surface area contributed by atoms with E-state index in [1.807, 2.05) is 0 Å². The van der Waals surface area contributed by atoms with Gasteiger partial charge in [0.15, 0.2) is 0 Å². The number of ether oxygens (including phenoxy) is 1. The second kappa shape index (κ2) is 10.5. The molecule has 0 unspecified atom stereocenters. The lowest BCUT2D eigenvalue weighted by Gasteiger charge is -2.31. The Kier molecular flexibility index (Phi) is 8.40. The third kappa shape index (κ3) is 6.02. The zero-order chi connectivity index (χ0) is 20.6. The zero-order valence-corrected chi connectivity index (χ0v) is 17.3. The Bertz CT molecular complexity index is 782. The number of carbonyl (C=O) groups is 2. The number of piperidine rings is 1. The van der Waals surface area contributed by atoms with Crippen LogP contribution in [0.3, 0.4) is 0 Å². The third-order valence-electron chi connectivity index (χ3n) is 4.75. The van der Waals surface area contributed by atoms with Crippen molar-refractivity contribution in [3.05, 3.63) is 29.8 Å². The molecule has 0 aliphatic carbocycles. The minimum atomic E-state index is -3.32. The Balaban J connectivity index is 2.03. The lowest BCUT2D eigenvalue weighted by atomic mass is 9.98. The first kappa shape index (κ1) is 22.3. The molecular formula is C19H29N3O5S. The molecule has 1 aromatic rings. The van der Waals surface area contributed by atoms with E-state index < -0.39 is 15.9 Å². The van der Waals surface area contributed by atoms with Gasteiger partial charge in [-0.15, -0.1) is 0 Å². The summed E-state index contributed by atoms with van der Waals surface area (Å²) in [5.41, 5.74) is 0.800. The van der Waals surface area contributed by atoms with Crippen molar-refractivity contribution in [2.75, 3.05) is 44.4 Å². The average Bonchev–Trinajstić information content (AvgIpc) is 2.71. The first-order chi connectivity index (χ1) is 13.4. The van der Waals surface area contributed by atoms with Gasteiger partial charge in [0.25, 0.3) is 5.91 Å². The molecule has 1 fully saturated rings. The number of rotatable bonds is 9. The van der Waals surface area contributed by atoms with Crippen LogP contribution in [0, 0.1) is 5.92 Å². The van der Waals surface area contributed by atoms with Gasteiger partial charge in [-0.2, -0.15) is 0 Å². The molecule has 0 spiro atoms. The molecular weight excluding hydrogens is 382 g/mol. The molecule has 1 aromatic carbocycles. The molecule has 1 aliphatic heterocycles. The van der Waals surface area contributed by atoms with E-state index in [0.29, 0.717) is 50.2 Å². The Hall–Kier alpha value is -1.97. The van der Waals surface area contributed by atoms with Gasteiger partial charge < -0.3 is 15.4 Å². The molecule has 1 atom stereocenters. The van der Waals surface area contributed by atoms with E-state index in [0.717, 1.165) is 0 Å². The SMILES string of the molecule is CCS(=O)(=O)N1CCC[C@H](C(=O)Nc2ccccc2C(=O)NCCCOC)C1. The number of nitrogens with zero attached hydrogens (tertiary/aromatic N) is 1. The van der Waals surface area contributed by atoms with Crippen molar-refractivity contribution in [1.82, 2.24) is 9.62 Å². The summed E-state index contributed by atoms with van der Waals surface area (Å²) < 4.78 is 30.5. The predicted molar refractivity (Wildman–Crippen MR) is 108 cm³/mol. The lowest BCUT2D eigenvalue weighted by molar-refractivity contribution is -0.120. The van der Waals surface area contributed by atoms with E-state index in [-0.39, 0.29) is 24.1 Å². The number of benzene rings is 1. The van der Waals surface area contributed by atoms with E-state index in [1.165, 1.54) is 4.31 Å². The summed E-state index contributed by atoms with van der Waals surface area (Å²) in [6, 6.07) is 6.79. The van der Waals surface area contributed by atoms with Gasteiger partial charge in [-0.1, -0.05) is 12.1 Å². The van der Waals surface area contributed by atoms with Crippen molar-refractivity contribution >= 4 is 27.5 Å². The number of hydrogen-bond acceptors (Lipinski definition) is 5. The maximum absolute atomic E-state index is 12.7. The highest BCUT2D eigenvalue weighted by atomic mass is 32.2. The molecule has 2 amide bonds. The highest BCUT2D eigenvalue weighted by Crippen LogP contribution is 2.22. The van der Waals surface area contributed by atoms with E-state index in [2.05, 4.69) is 10.6 Å². The van der Waals surface area contributed by atoms with E-state index in [4.69, 9.17) is 4.74 Å². The highest BCUT2D eigenvalue weighted by molar-refractivity contribution is 7.89. The van der Waals surface area contributed by atoms with Crippen LogP contribution in [0.4, 0.5) is 5.69 Å². The van der Waals surface area contributed by atoms with Gasteiger partial charge in [0, 0.05) is 33.4 Å². The predicted octanol–water partition coefficient (Wildman–Crippen LogP) is 1.45. The molecule has 9 heteroatoms. The van der Waals surface area contributed by atoms with Crippen molar-refractivity contribution in [3.8, 4) is 0 Å². The monoisotopic (exact) mass is 411 g/mol. The normalized spacial score (nSPS) is 17.9. The Morgan fingerprint density at radius 3 is 2.75 bits per heavy atom. The number of hydrogen-bond donors (Lipinski definition) is 2. The Labute approximate surface area is 166 Å². The number of amides is 2.